The van der Waals surface area contributed by atoms with E-state index in [1.54, 1.807) is 11.4 Å². The van der Waals surface area contributed by atoms with Gasteiger partial charge in [0, 0.05) is 0 Å². The highest BCUT2D eigenvalue weighted by molar-refractivity contribution is 7.12. The molecule has 90 valence electrons. The van der Waals surface area contributed by atoms with Crippen LogP contribution in [0.3, 0.4) is 0 Å². The first-order valence-electron chi connectivity index (χ1n) is 5.29. The summed E-state index contributed by atoms with van der Waals surface area (Å²) < 4.78 is 0. The minimum absolute atomic E-state index is 0.0464. The van der Waals surface area contributed by atoms with Gasteiger partial charge in [0.15, 0.2) is 0 Å². The maximum absolute atomic E-state index is 11.8. The summed E-state index contributed by atoms with van der Waals surface area (Å²) in [6.07, 6.45) is 0.757. The number of hydrogen-bond acceptors (Lipinski definition) is 4. The van der Waals surface area contributed by atoms with Crippen LogP contribution in [0.4, 0.5) is 5.69 Å². The number of nitrogens with two attached hydrogens (primary N) is 1. The summed E-state index contributed by atoms with van der Waals surface area (Å²) in [5, 5.41) is 13.7. The number of anilines is 1. The maximum Gasteiger partial charge on any atom is 0.263 e. The van der Waals surface area contributed by atoms with Crippen molar-refractivity contribution in [2.75, 3.05) is 12.3 Å². The van der Waals surface area contributed by atoms with Crippen molar-refractivity contribution in [3.63, 3.8) is 0 Å². The highest BCUT2D eigenvalue weighted by Gasteiger charge is 2.16. The molecule has 0 aliphatic rings. The molecular weight excluding hydrogens is 224 g/mol. The van der Waals surface area contributed by atoms with E-state index in [0.29, 0.717) is 16.5 Å². The molecule has 0 radical (unpaired) electrons. The van der Waals surface area contributed by atoms with Crippen LogP contribution in [0, 0.1) is 5.92 Å². The van der Waals surface area contributed by atoms with E-state index < -0.39 is 0 Å². The Kier molecular flexibility index (Phi) is 4.76. The lowest BCUT2D eigenvalue weighted by Gasteiger charge is -2.17. The number of rotatable bonds is 5. The van der Waals surface area contributed by atoms with Crippen LogP contribution < -0.4 is 11.1 Å². The van der Waals surface area contributed by atoms with Crippen molar-refractivity contribution in [2.24, 2.45) is 5.92 Å². The van der Waals surface area contributed by atoms with Gasteiger partial charge in [-0.3, -0.25) is 4.79 Å². The van der Waals surface area contributed by atoms with E-state index in [2.05, 4.69) is 5.32 Å². The molecule has 4 N–H and O–H groups in total. The molecule has 0 aromatic carbocycles. The molecular formula is C11H18N2O2S. The van der Waals surface area contributed by atoms with Gasteiger partial charge in [-0.15, -0.1) is 11.3 Å². The Bertz CT molecular complexity index is 350. The van der Waals surface area contributed by atoms with Crippen LogP contribution in [0.2, 0.25) is 0 Å². The normalized spacial score (nSPS) is 12.8. The summed E-state index contributed by atoms with van der Waals surface area (Å²) in [5.41, 5.74) is 6.14. The highest BCUT2D eigenvalue weighted by atomic mass is 32.1. The smallest absolute Gasteiger partial charge is 0.263 e. The number of hydrogen-bond donors (Lipinski definition) is 3. The Morgan fingerprint density at radius 3 is 2.75 bits per heavy atom. The predicted octanol–water partition coefficient (Wildman–Crippen LogP) is 1.47. The minimum atomic E-state index is -0.202. The van der Waals surface area contributed by atoms with E-state index >= 15 is 0 Å². The minimum Gasteiger partial charge on any atom is -0.397 e. The zero-order valence-electron chi connectivity index (χ0n) is 9.56. The molecule has 5 heteroatoms. The number of nitrogen functional groups attached to an aromatic ring is 1. The number of carbonyl (C=O) groups is 1. The Hall–Kier alpha value is -1.07. The fourth-order valence-electron chi connectivity index (χ4n) is 1.50. The van der Waals surface area contributed by atoms with Gasteiger partial charge in [-0.1, -0.05) is 13.8 Å². The number of carbonyl (C=O) groups excluding carboxylic acids is 1. The van der Waals surface area contributed by atoms with Crippen LogP contribution >= 0.6 is 11.3 Å². The third kappa shape index (κ3) is 3.50. The molecule has 1 unspecified atom stereocenters. The number of aliphatic hydroxyl groups excluding tert-OH is 1. The second-order valence-corrected chi connectivity index (χ2v) is 5.10. The molecule has 1 aromatic rings. The average Bonchev–Trinajstić information content (AvgIpc) is 2.62. The van der Waals surface area contributed by atoms with E-state index in [-0.39, 0.29) is 18.6 Å². The van der Waals surface area contributed by atoms with Crippen molar-refractivity contribution in [1.82, 2.24) is 5.32 Å². The third-order valence-corrected chi connectivity index (χ3v) is 3.14. The lowest BCUT2D eigenvalue weighted by Crippen LogP contribution is -2.38. The lowest BCUT2D eigenvalue weighted by atomic mass is 10.0. The standard InChI is InChI=1S/C11H18N2O2S/c1-7(2)5-8(6-14)13-11(15)10-9(12)3-4-16-10/h3-4,7-8,14H,5-6,12H2,1-2H3,(H,13,15). The van der Waals surface area contributed by atoms with E-state index in [1.807, 2.05) is 13.8 Å². The van der Waals surface area contributed by atoms with Crippen LogP contribution in [0.25, 0.3) is 0 Å². The molecule has 1 atom stereocenters. The SMILES string of the molecule is CC(C)CC(CO)NC(=O)c1sccc1N. The van der Waals surface area contributed by atoms with E-state index in [4.69, 9.17) is 10.8 Å². The summed E-state index contributed by atoms with van der Waals surface area (Å²) in [6, 6.07) is 1.50. The highest BCUT2D eigenvalue weighted by Crippen LogP contribution is 2.18. The quantitative estimate of drug-likeness (QED) is 0.732. The van der Waals surface area contributed by atoms with Crippen molar-refractivity contribution < 1.29 is 9.90 Å². The van der Waals surface area contributed by atoms with Crippen molar-refractivity contribution >= 4 is 22.9 Å². The number of thiophene rings is 1. The Morgan fingerprint density at radius 2 is 2.31 bits per heavy atom. The maximum atomic E-state index is 11.8. The Balaban J connectivity index is 2.59. The predicted molar refractivity (Wildman–Crippen MR) is 66.5 cm³/mol. The monoisotopic (exact) mass is 242 g/mol. The zero-order chi connectivity index (χ0) is 12.1. The summed E-state index contributed by atoms with van der Waals surface area (Å²) in [4.78, 5) is 12.3. The second-order valence-electron chi connectivity index (χ2n) is 4.19. The molecule has 1 amide bonds. The summed E-state index contributed by atoms with van der Waals surface area (Å²) in [6.45, 7) is 4.05. The molecule has 0 aliphatic heterocycles. The Morgan fingerprint density at radius 1 is 1.62 bits per heavy atom. The topological polar surface area (TPSA) is 75.3 Å². The fraction of sp³-hybridized carbons (Fsp3) is 0.545. The number of nitrogens with one attached hydrogen (secondary N) is 1. The molecule has 16 heavy (non-hydrogen) atoms. The van der Waals surface area contributed by atoms with Crippen LogP contribution in [0.15, 0.2) is 11.4 Å². The zero-order valence-corrected chi connectivity index (χ0v) is 10.4. The molecule has 0 fully saturated rings. The molecule has 0 saturated heterocycles. The van der Waals surface area contributed by atoms with E-state index in [0.717, 1.165) is 6.42 Å². The van der Waals surface area contributed by atoms with Gasteiger partial charge in [0.05, 0.1) is 18.3 Å². The molecule has 0 aliphatic carbocycles. The summed E-state index contributed by atoms with van der Waals surface area (Å²) in [7, 11) is 0. The van der Waals surface area contributed by atoms with Gasteiger partial charge in [0.25, 0.3) is 5.91 Å². The van der Waals surface area contributed by atoms with Gasteiger partial charge < -0.3 is 16.2 Å². The van der Waals surface area contributed by atoms with Crippen molar-refractivity contribution in [3.05, 3.63) is 16.3 Å². The molecule has 0 bridgehead atoms. The van der Waals surface area contributed by atoms with Crippen molar-refractivity contribution in [3.8, 4) is 0 Å². The first-order valence-corrected chi connectivity index (χ1v) is 6.17. The van der Waals surface area contributed by atoms with E-state index in [9.17, 15) is 4.79 Å². The largest absolute Gasteiger partial charge is 0.397 e. The van der Waals surface area contributed by atoms with Crippen LogP contribution in [0.5, 0.6) is 0 Å². The molecule has 4 nitrogen and oxygen atoms in total. The summed E-state index contributed by atoms with van der Waals surface area (Å²) >= 11 is 1.31. The van der Waals surface area contributed by atoms with Crippen LogP contribution in [-0.4, -0.2) is 23.7 Å². The third-order valence-electron chi connectivity index (χ3n) is 2.21. The fourth-order valence-corrected chi connectivity index (χ4v) is 2.22. The molecule has 1 rings (SSSR count). The van der Waals surface area contributed by atoms with Gasteiger partial charge in [0.2, 0.25) is 0 Å². The molecule has 0 spiro atoms. The number of amides is 1. The van der Waals surface area contributed by atoms with Gasteiger partial charge in [0.1, 0.15) is 4.88 Å². The van der Waals surface area contributed by atoms with Gasteiger partial charge >= 0.3 is 0 Å². The average molecular weight is 242 g/mol. The Labute approximate surface area is 99.5 Å². The van der Waals surface area contributed by atoms with Gasteiger partial charge in [-0.25, -0.2) is 0 Å². The van der Waals surface area contributed by atoms with Crippen LogP contribution in [-0.2, 0) is 0 Å². The van der Waals surface area contributed by atoms with Gasteiger partial charge in [-0.2, -0.15) is 0 Å². The first kappa shape index (κ1) is 13.0. The second kappa shape index (κ2) is 5.86. The molecule has 0 saturated carbocycles. The summed E-state index contributed by atoms with van der Waals surface area (Å²) in [5.74, 6) is 0.227. The van der Waals surface area contributed by atoms with Crippen molar-refractivity contribution in [2.45, 2.75) is 26.3 Å². The lowest BCUT2D eigenvalue weighted by molar-refractivity contribution is 0.0913. The number of aliphatic hydroxyl groups is 1. The molecule has 1 aromatic heterocycles. The first-order chi connectivity index (χ1) is 7.54. The van der Waals surface area contributed by atoms with Gasteiger partial charge in [-0.05, 0) is 23.8 Å². The molecule has 1 heterocycles. The van der Waals surface area contributed by atoms with Crippen molar-refractivity contribution in [1.29, 1.82) is 0 Å². The van der Waals surface area contributed by atoms with E-state index in [1.165, 1.54) is 11.3 Å². The van der Waals surface area contributed by atoms with Crippen LogP contribution in [0.1, 0.15) is 29.9 Å².